The summed E-state index contributed by atoms with van der Waals surface area (Å²) < 4.78 is 19.2. The first-order chi connectivity index (χ1) is 13.5. The Morgan fingerprint density at radius 3 is 2.55 bits per heavy atom. The number of halogens is 2. The molecule has 0 aliphatic heterocycles. The number of rotatable bonds is 6. The molecule has 7 heteroatoms. The lowest BCUT2D eigenvalue weighted by molar-refractivity contribution is 0.572. The van der Waals surface area contributed by atoms with Crippen molar-refractivity contribution < 1.29 is 8.81 Å². The average molecular weight is 508 g/mol. The lowest BCUT2D eigenvalue weighted by Gasteiger charge is -2.11. The van der Waals surface area contributed by atoms with Crippen LogP contribution in [0.1, 0.15) is 22.4 Å². The molecule has 0 amide bonds. The third-order valence-corrected chi connectivity index (χ3v) is 4.44. The molecule has 0 aliphatic rings. The van der Waals surface area contributed by atoms with Crippen molar-refractivity contribution >= 4 is 29.9 Å². The Labute approximate surface area is 187 Å². The number of guanidine groups is 1. The Balaban J connectivity index is 0.00000300. The number of aliphatic imine (C=N–C) groups is 1. The highest BCUT2D eigenvalue weighted by atomic mass is 127. The van der Waals surface area contributed by atoms with Crippen LogP contribution in [-0.4, -0.2) is 24.5 Å². The van der Waals surface area contributed by atoms with Gasteiger partial charge in [-0.25, -0.2) is 9.37 Å². The van der Waals surface area contributed by atoms with Crippen molar-refractivity contribution in [2.24, 2.45) is 4.99 Å². The lowest BCUT2D eigenvalue weighted by Crippen LogP contribution is -2.37. The van der Waals surface area contributed by atoms with Crippen LogP contribution in [0.2, 0.25) is 0 Å². The van der Waals surface area contributed by atoms with E-state index in [1.807, 2.05) is 37.3 Å². The fourth-order valence-electron chi connectivity index (χ4n) is 2.71. The zero-order valence-electron chi connectivity index (χ0n) is 16.8. The average Bonchev–Trinajstić information content (AvgIpc) is 3.16. The number of hydrogen-bond donors (Lipinski definition) is 2. The summed E-state index contributed by atoms with van der Waals surface area (Å²) in [4.78, 5) is 8.73. The highest BCUT2D eigenvalue weighted by molar-refractivity contribution is 14.0. The molecule has 154 valence electrons. The third kappa shape index (κ3) is 6.56. The van der Waals surface area contributed by atoms with Crippen molar-refractivity contribution in [3.05, 3.63) is 76.9 Å². The van der Waals surface area contributed by atoms with E-state index in [1.54, 1.807) is 26.3 Å². The molecule has 0 atom stereocenters. The van der Waals surface area contributed by atoms with Gasteiger partial charge in [0.15, 0.2) is 5.96 Å². The van der Waals surface area contributed by atoms with E-state index in [4.69, 9.17) is 4.42 Å². The highest BCUT2D eigenvalue weighted by Gasteiger charge is 2.07. The van der Waals surface area contributed by atoms with Gasteiger partial charge in [0.05, 0.1) is 5.69 Å². The minimum absolute atomic E-state index is 0. The number of oxazole rings is 1. The molecule has 1 aromatic heterocycles. The zero-order valence-corrected chi connectivity index (χ0v) is 19.2. The summed E-state index contributed by atoms with van der Waals surface area (Å²) >= 11 is 0. The highest BCUT2D eigenvalue weighted by Crippen LogP contribution is 2.19. The Bertz CT molecular complexity index is 954. The predicted molar refractivity (Wildman–Crippen MR) is 125 cm³/mol. The minimum atomic E-state index is -0.197. The van der Waals surface area contributed by atoms with Crippen molar-refractivity contribution in [1.82, 2.24) is 15.6 Å². The number of aryl methyl sites for hydroxylation is 2. The molecule has 2 aromatic carbocycles. The molecule has 2 N–H and O–H groups in total. The number of nitrogens with zero attached hydrogens (tertiary/aromatic N) is 2. The Morgan fingerprint density at radius 2 is 1.86 bits per heavy atom. The van der Waals surface area contributed by atoms with Gasteiger partial charge in [-0.1, -0.05) is 29.8 Å². The van der Waals surface area contributed by atoms with Gasteiger partial charge < -0.3 is 15.1 Å². The standard InChI is InChI=1S/C22H25FN4O.HI/c1-15-4-8-18(9-5-15)21-27-19(14-28-21)10-11-25-22(24-3)26-13-17-7-6-16(2)20(23)12-17;/h4-9,12,14H,10-11,13H2,1-3H3,(H2,24,25,26);1H. The van der Waals surface area contributed by atoms with Gasteiger partial charge in [-0.3, -0.25) is 4.99 Å². The quantitative estimate of drug-likeness (QED) is 0.290. The SMILES string of the molecule is CN=C(NCCc1coc(-c2ccc(C)cc2)n1)NCc1ccc(C)c(F)c1.I. The molecule has 5 nitrogen and oxygen atoms in total. The normalized spacial score (nSPS) is 11.1. The molecule has 29 heavy (non-hydrogen) atoms. The van der Waals surface area contributed by atoms with E-state index in [0.29, 0.717) is 36.9 Å². The molecule has 3 rings (SSSR count). The molecule has 0 saturated heterocycles. The first-order valence-electron chi connectivity index (χ1n) is 9.26. The zero-order chi connectivity index (χ0) is 19.9. The van der Waals surface area contributed by atoms with Crippen LogP contribution in [0.5, 0.6) is 0 Å². The van der Waals surface area contributed by atoms with Crippen LogP contribution in [0.25, 0.3) is 11.5 Å². The largest absolute Gasteiger partial charge is 0.444 e. The van der Waals surface area contributed by atoms with E-state index >= 15 is 0 Å². The lowest BCUT2D eigenvalue weighted by atomic mass is 10.1. The summed E-state index contributed by atoms with van der Waals surface area (Å²) in [5, 5.41) is 6.42. The minimum Gasteiger partial charge on any atom is -0.444 e. The number of benzene rings is 2. The second kappa shape index (κ2) is 10.9. The maximum absolute atomic E-state index is 13.6. The van der Waals surface area contributed by atoms with Crippen molar-refractivity contribution in [3.63, 3.8) is 0 Å². The Hall–Kier alpha value is -2.42. The molecular weight excluding hydrogens is 482 g/mol. The van der Waals surface area contributed by atoms with Crippen molar-refractivity contribution in [1.29, 1.82) is 0 Å². The molecule has 0 bridgehead atoms. The predicted octanol–water partition coefficient (Wildman–Crippen LogP) is 4.62. The van der Waals surface area contributed by atoms with Gasteiger partial charge in [0.1, 0.15) is 12.1 Å². The third-order valence-electron chi connectivity index (χ3n) is 4.44. The van der Waals surface area contributed by atoms with E-state index in [0.717, 1.165) is 16.8 Å². The summed E-state index contributed by atoms with van der Waals surface area (Å²) in [6.07, 6.45) is 2.39. The van der Waals surface area contributed by atoms with Crippen LogP contribution in [0.15, 0.2) is 58.1 Å². The van der Waals surface area contributed by atoms with Gasteiger partial charge >= 0.3 is 0 Å². The molecule has 0 aliphatic carbocycles. The van der Waals surface area contributed by atoms with Gasteiger partial charge in [0, 0.05) is 32.1 Å². The first kappa shape index (κ1) is 22.9. The van der Waals surface area contributed by atoms with Gasteiger partial charge in [-0.15, -0.1) is 24.0 Å². The van der Waals surface area contributed by atoms with Gasteiger partial charge in [0.25, 0.3) is 0 Å². The van der Waals surface area contributed by atoms with Crippen molar-refractivity contribution in [3.8, 4) is 11.5 Å². The maximum Gasteiger partial charge on any atom is 0.226 e. The number of aromatic nitrogens is 1. The topological polar surface area (TPSA) is 62.5 Å². The van der Waals surface area contributed by atoms with Crippen LogP contribution < -0.4 is 10.6 Å². The van der Waals surface area contributed by atoms with Crippen LogP contribution in [0.3, 0.4) is 0 Å². The molecule has 1 heterocycles. The summed E-state index contributed by atoms with van der Waals surface area (Å²) in [5.41, 5.74) is 4.55. The number of nitrogens with one attached hydrogen (secondary N) is 2. The van der Waals surface area contributed by atoms with Gasteiger partial charge in [0.2, 0.25) is 5.89 Å². The molecule has 3 aromatic rings. The van der Waals surface area contributed by atoms with Gasteiger partial charge in [-0.05, 0) is 43.2 Å². The summed E-state index contributed by atoms with van der Waals surface area (Å²) in [7, 11) is 1.71. The Morgan fingerprint density at radius 1 is 1.10 bits per heavy atom. The monoisotopic (exact) mass is 508 g/mol. The van der Waals surface area contributed by atoms with Crippen LogP contribution >= 0.6 is 24.0 Å². The van der Waals surface area contributed by atoms with Crippen LogP contribution in [0, 0.1) is 19.7 Å². The van der Waals surface area contributed by atoms with E-state index in [1.165, 1.54) is 11.6 Å². The second-order valence-corrected chi connectivity index (χ2v) is 6.70. The molecule has 0 spiro atoms. The van der Waals surface area contributed by atoms with Crippen LogP contribution in [0.4, 0.5) is 4.39 Å². The fraction of sp³-hybridized carbons (Fsp3) is 0.273. The molecule has 0 fully saturated rings. The number of hydrogen-bond acceptors (Lipinski definition) is 3. The smallest absolute Gasteiger partial charge is 0.226 e. The van der Waals surface area contributed by atoms with E-state index in [-0.39, 0.29) is 29.8 Å². The summed E-state index contributed by atoms with van der Waals surface area (Å²) in [5.74, 6) is 1.08. The molecule has 0 saturated carbocycles. The van der Waals surface area contributed by atoms with E-state index in [2.05, 4.69) is 20.6 Å². The molecule has 0 radical (unpaired) electrons. The van der Waals surface area contributed by atoms with Gasteiger partial charge in [-0.2, -0.15) is 0 Å². The maximum atomic E-state index is 13.6. The summed E-state index contributed by atoms with van der Waals surface area (Å²) in [6, 6.07) is 13.3. The van der Waals surface area contributed by atoms with Crippen LogP contribution in [-0.2, 0) is 13.0 Å². The molecular formula is C22H26FIN4O. The van der Waals surface area contributed by atoms with E-state index in [9.17, 15) is 4.39 Å². The first-order valence-corrected chi connectivity index (χ1v) is 9.26. The van der Waals surface area contributed by atoms with E-state index < -0.39 is 0 Å². The Kier molecular flexibility index (Phi) is 8.63. The van der Waals surface area contributed by atoms with Crippen molar-refractivity contribution in [2.75, 3.05) is 13.6 Å². The summed E-state index contributed by atoms with van der Waals surface area (Å²) in [6.45, 7) is 4.95. The fourth-order valence-corrected chi connectivity index (χ4v) is 2.71. The second-order valence-electron chi connectivity index (χ2n) is 6.70. The van der Waals surface area contributed by atoms with Crippen molar-refractivity contribution in [2.45, 2.75) is 26.8 Å². The molecule has 0 unspecified atom stereocenters.